The van der Waals surface area contributed by atoms with Gasteiger partial charge in [-0.1, -0.05) is 6.07 Å². The summed E-state index contributed by atoms with van der Waals surface area (Å²) in [4.78, 5) is 15.1. The molecule has 0 unspecified atom stereocenters. The van der Waals surface area contributed by atoms with Crippen molar-refractivity contribution in [3.8, 4) is 17.4 Å². The zero-order valence-corrected chi connectivity index (χ0v) is 16.0. The number of aliphatic carboxylic acids is 1. The van der Waals surface area contributed by atoms with Gasteiger partial charge in [0.05, 0.1) is 18.2 Å². The predicted octanol–water partition coefficient (Wildman–Crippen LogP) is 4.03. The minimum Gasteiger partial charge on any atom is -0.491 e. The van der Waals surface area contributed by atoms with E-state index in [0.29, 0.717) is 18.2 Å². The fraction of sp³-hybridized carbons (Fsp3) is 0.273. The topological polar surface area (TPSA) is 80.7 Å². The summed E-state index contributed by atoms with van der Waals surface area (Å²) in [5.74, 6) is 1.18. The summed E-state index contributed by atoms with van der Waals surface area (Å²) in [5, 5.41) is 12.5. The lowest BCUT2D eigenvalue weighted by atomic mass is 10.1. The summed E-state index contributed by atoms with van der Waals surface area (Å²) in [7, 11) is 0. The number of fused-ring (bicyclic) bond motifs is 1. The summed E-state index contributed by atoms with van der Waals surface area (Å²) >= 11 is 0. The number of carboxylic acids is 1. The first-order chi connectivity index (χ1) is 13.5. The van der Waals surface area contributed by atoms with Crippen molar-refractivity contribution in [3.05, 3.63) is 60.2 Å². The summed E-state index contributed by atoms with van der Waals surface area (Å²) in [6.07, 6.45) is 0.887. The first-order valence-corrected chi connectivity index (χ1v) is 9.26. The summed E-state index contributed by atoms with van der Waals surface area (Å²) in [6, 6.07) is 17.3. The molecule has 6 heteroatoms. The quantitative estimate of drug-likeness (QED) is 0.546. The SMILES string of the molecule is CC(C)Oc1ccc(Oc2ccc3cc(CCNCC(=O)O)ccc3n2)cc1. The standard InChI is InChI=1S/C22H24N2O4/c1-15(2)27-18-5-7-19(8-6-18)28-21-10-4-17-13-16(3-9-20(17)24-21)11-12-23-14-22(25)26/h3-10,13,15,23H,11-12,14H2,1-2H3,(H,25,26). The molecule has 0 bridgehead atoms. The largest absolute Gasteiger partial charge is 0.491 e. The van der Waals surface area contributed by atoms with Crippen LogP contribution in [0.5, 0.6) is 17.4 Å². The molecule has 0 fully saturated rings. The molecule has 1 aromatic heterocycles. The second-order valence-corrected chi connectivity index (χ2v) is 6.74. The Bertz CT molecular complexity index is 939. The van der Waals surface area contributed by atoms with Crippen LogP contribution >= 0.6 is 0 Å². The molecule has 0 aliphatic heterocycles. The molecule has 0 amide bonds. The monoisotopic (exact) mass is 380 g/mol. The maximum absolute atomic E-state index is 10.5. The Kier molecular flexibility index (Phi) is 6.45. The number of hydrogen-bond acceptors (Lipinski definition) is 5. The average molecular weight is 380 g/mol. The lowest BCUT2D eigenvalue weighted by Gasteiger charge is -2.11. The molecule has 3 aromatic rings. The van der Waals surface area contributed by atoms with E-state index in [0.717, 1.165) is 28.6 Å². The number of pyridine rings is 1. The molecule has 6 nitrogen and oxygen atoms in total. The second kappa shape index (κ2) is 9.19. The number of benzene rings is 2. The van der Waals surface area contributed by atoms with Gasteiger partial charge in [0.1, 0.15) is 11.5 Å². The molecular weight excluding hydrogens is 356 g/mol. The number of ether oxygens (including phenoxy) is 2. The molecule has 0 saturated carbocycles. The third kappa shape index (κ3) is 5.69. The van der Waals surface area contributed by atoms with Crippen molar-refractivity contribution in [1.82, 2.24) is 10.3 Å². The predicted molar refractivity (Wildman–Crippen MR) is 108 cm³/mol. The van der Waals surface area contributed by atoms with E-state index >= 15 is 0 Å². The van der Waals surface area contributed by atoms with Crippen molar-refractivity contribution in [1.29, 1.82) is 0 Å². The number of carbonyl (C=O) groups is 1. The normalized spacial score (nSPS) is 11.0. The highest BCUT2D eigenvalue weighted by atomic mass is 16.5. The Labute approximate surface area is 164 Å². The molecule has 1 heterocycles. The number of rotatable bonds is 9. The average Bonchev–Trinajstić information content (AvgIpc) is 2.66. The van der Waals surface area contributed by atoms with Gasteiger partial charge in [-0.3, -0.25) is 4.79 Å². The third-order valence-corrected chi connectivity index (χ3v) is 4.01. The molecule has 0 radical (unpaired) electrons. The van der Waals surface area contributed by atoms with Crippen molar-refractivity contribution in [2.24, 2.45) is 0 Å². The van der Waals surface area contributed by atoms with Gasteiger partial charge in [-0.2, -0.15) is 0 Å². The zero-order valence-electron chi connectivity index (χ0n) is 16.0. The molecule has 2 aromatic carbocycles. The van der Waals surface area contributed by atoms with Crippen LogP contribution in [0, 0.1) is 0 Å². The maximum Gasteiger partial charge on any atom is 0.317 e. The Morgan fingerprint density at radius 3 is 2.54 bits per heavy atom. The fourth-order valence-electron chi connectivity index (χ4n) is 2.78. The van der Waals surface area contributed by atoms with Gasteiger partial charge in [0.25, 0.3) is 0 Å². The van der Waals surface area contributed by atoms with E-state index in [9.17, 15) is 4.79 Å². The zero-order chi connectivity index (χ0) is 19.9. The molecule has 146 valence electrons. The molecule has 2 N–H and O–H groups in total. The van der Waals surface area contributed by atoms with E-state index in [4.69, 9.17) is 14.6 Å². The van der Waals surface area contributed by atoms with E-state index in [-0.39, 0.29) is 12.6 Å². The third-order valence-electron chi connectivity index (χ3n) is 4.01. The number of carboxylic acid groups (broad SMARTS) is 1. The van der Waals surface area contributed by atoms with Gasteiger partial charge >= 0.3 is 5.97 Å². The molecule has 0 aliphatic carbocycles. The van der Waals surface area contributed by atoms with Crippen LogP contribution in [0.15, 0.2) is 54.6 Å². The van der Waals surface area contributed by atoms with Crippen molar-refractivity contribution in [2.75, 3.05) is 13.1 Å². The van der Waals surface area contributed by atoms with Crippen molar-refractivity contribution < 1.29 is 19.4 Å². The molecule has 0 aliphatic rings. The highest BCUT2D eigenvalue weighted by Crippen LogP contribution is 2.25. The lowest BCUT2D eigenvalue weighted by Crippen LogP contribution is -2.24. The van der Waals surface area contributed by atoms with Crippen molar-refractivity contribution in [3.63, 3.8) is 0 Å². The van der Waals surface area contributed by atoms with Gasteiger partial charge in [-0.25, -0.2) is 4.98 Å². The molecular formula is C22H24N2O4. The molecule has 0 spiro atoms. The Morgan fingerprint density at radius 2 is 1.82 bits per heavy atom. The fourth-order valence-corrected chi connectivity index (χ4v) is 2.78. The van der Waals surface area contributed by atoms with Crippen LogP contribution in [0.1, 0.15) is 19.4 Å². The molecule has 28 heavy (non-hydrogen) atoms. The number of nitrogens with zero attached hydrogens (tertiary/aromatic N) is 1. The van der Waals surface area contributed by atoms with Gasteiger partial charge in [-0.15, -0.1) is 0 Å². The van der Waals surface area contributed by atoms with Gasteiger partial charge in [0, 0.05) is 11.5 Å². The van der Waals surface area contributed by atoms with E-state index in [1.54, 1.807) is 0 Å². The first kappa shape index (κ1) is 19.6. The van der Waals surface area contributed by atoms with Crippen LogP contribution in [0.2, 0.25) is 0 Å². The maximum atomic E-state index is 10.5. The van der Waals surface area contributed by atoms with Crippen LogP contribution in [-0.4, -0.2) is 35.3 Å². The van der Waals surface area contributed by atoms with Gasteiger partial charge in [0.2, 0.25) is 5.88 Å². The second-order valence-electron chi connectivity index (χ2n) is 6.74. The Balaban J connectivity index is 1.63. The molecule has 3 rings (SSSR count). The minimum absolute atomic E-state index is 0.0274. The first-order valence-electron chi connectivity index (χ1n) is 9.26. The van der Waals surface area contributed by atoms with Crippen LogP contribution in [0.25, 0.3) is 10.9 Å². The van der Waals surface area contributed by atoms with E-state index in [2.05, 4.69) is 16.4 Å². The van der Waals surface area contributed by atoms with Crippen molar-refractivity contribution in [2.45, 2.75) is 26.4 Å². The van der Waals surface area contributed by atoms with Gasteiger partial charge in [-0.05, 0) is 74.8 Å². The summed E-state index contributed by atoms with van der Waals surface area (Å²) in [5.41, 5.74) is 1.97. The van der Waals surface area contributed by atoms with Crippen molar-refractivity contribution >= 4 is 16.9 Å². The van der Waals surface area contributed by atoms with E-state index in [1.165, 1.54) is 0 Å². The summed E-state index contributed by atoms with van der Waals surface area (Å²) in [6.45, 7) is 4.56. The smallest absolute Gasteiger partial charge is 0.317 e. The van der Waals surface area contributed by atoms with Gasteiger partial charge in [0.15, 0.2) is 0 Å². The molecule has 0 atom stereocenters. The van der Waals surface area contributed by atoms with Crippen LogP contribution in [0.3, 0.4) is 0 Å². The van der Waals surface area contributed by atoms with E-state index < -0.39 is 5.97 Å². The highest BCUT2D eigenvalue weighted by molar-refractivity contribution is 5.79. The Hall–Kier alpha value is -3.12. The number of aromatic nitrogens is 1. The van der Waals surface area contributed by atoms with Crippen LogP contribution < -0.4 is 14.8 Å². The minimum atomic E-state index is -0.850. The molecule has 0 saturated heterocycles. The van der Waals surface area contributed by atoms with Crippen LogP contribution in [-0.2, 0) is 11.2 Å². The van der Waals surface area contributed by atoms with Gasteiger partial charge < -0.3 is 19.9 Å². The Morgan fingerprint density at radius 1 is 1.07 bits per heavy atom. The van der Waals surface area contributed by atoms with E-state index in [1.807, 2.05) is 62.4 Å². The number of hydrogen-bond donors (Lipinski definition) is 2. The van der Waals surface area contributed by atoms with Crippen LogP contribution in [0.4, 0.5) is 0 Å². The highest BCUT2D eigenvalue weighted by Gasteiger charge is 2.04. The lowest BCUT2D eigenvalue weighted by molar-refractivity contribution is -0.135. The number of nitrogens with one attached hydrogen (secondary N) is 1. The summed E-state index contributed by atoms with van der Waals surface area (Å²) < 4.78 is 11.5.